The average Bonchev–Trinajstić information content (AvgIpc) is 2.35. The van der Waals surface area contributed by atoms with Gasteiger partial charge in [-0.05, 0) is 28.4 Å². The summed E-state index contributed by atoms with van der Waals surface area (Å²) in [6.45, 7) is 2.10. The van der Waals surface area contributed by atoms with Crippen molar-refractivity contribution in [3.05, 3.63) is 38.3 Å². The monoisotopic (exact) mass is 315 g/mol. The Hall–Kier alpha value is -1.47. The second-order valence-electron chi connectivity index (χ2n) is 3.72. The molecule has 0 saturated carbocycles. The minimum atomic E-state index is -0.449. The van der Waals surface area contributed by atoms with Gasteiger partial charge in [0, 0.05) is 19.7 Å². The van der Waals surface area contributed by atoms with Crippen LogP contribution in [0.15, 0.2) is 22.7 Å². The van der Waals surface area contributed by atoms with Crippen LogP contribution < -0.4 is 10.6 Å². The van der Waals surface area contributed by atoms with Crippen molar-refractivity contribution >= 4 is 27.5 Å². The van der Waals surface area contributed by atoms with Crippen LogP contribution in [-0.2, 0) is 11.3 Å². The molecule has 1 amide bonds. The van der Waals surface area contributed by atoms with Gasteiger partial charge in [0.25, 0.3) is 5.69 Å². The van der Waals surface area contributed by atoms with Crippen LogP contribution in [0.25, 0.3) is 0 Å². The highest BCUT2D eigenvalue weighted by Gasteiger charge is 2.16. The minimum absolute atomic E-state index is 0.0156. The Morgan fingerprint density at radius 2 is 2.22 bits per heavy atom. The lowest BCUT2D eigenvalue weighted by atomic mass is 10.2. The first kappa shape index (κ1) is 14.6. The standard InChI is InChI=1S/C11H14BrN3O3/c1-7(11(16)13-2)14-6-8-4-3-5-9(10(8)12)15(17)18/h3-5,7,14H,6H2,1-2H3,(H,13,16). The number of rotatable bonds is 5. The lowest BCUT2D eigenvalue weighted by Crippen LogP contribution is -2.40. The summed E-state index contributed by atoms with van der Waals surface area (Å²) in [5.74, 6) is -0.128. The number of likely N-dealkylation sites (N-methyl/N-ethyl adjacent to an activating group) is 1. The molecule has 1 aromatic rings. The summed E-state index contributed by atoms with van der Waals surface area (Å²) in [5.41, 5.74) is 0.752. The largest absolute Gasteiger partial charge is 0.358 e. The number of carbonyl (C=O) groups is 1. The lowest BCUT2D eigenvalue weighted by Gasteiger charge is -2.12. The lowest BCUT2D eigenvalue weighted by molar-refractivity contribution is -0.385. The average molecular weight is 316 g/mol. The smallest absolute Gasteiger partial charge is 0.283 e. The highest BCUT2D eigenvalue weighted by Crippen LogP contribution is 2.28. The molecule has 0 aliphatic rings. The molecule has 6 nitrogen and oxygen atoms in total. The molecule has 0 aliphatic carbocycles. The first-order valence-electron chi connectivity index (χ1n) is 5.34. The van der Waals surface area contributed by atoms with E-state index in [9.17, 15) is 14.9 Å². The van der Waals surface area contributed by atoms with Crippen LogP contribution in [0.4, 0.5) is 5.69 Å². The molecule has 18 heavy (non-hydrogen) atoms. The van der Waals surface area contributed by atoms with Gasteiger partial charge in [0.1, 0.15) is 0 Å². The summed E-state index contributed by atoms with van der Waals surface area (Å²) in [4.78, 5) is 21.6. The Kier molecular flexibility index (Phi) is 5.24. The predicted molar refractivity (Wildman–Crippen MR) is 71.2 cm³/mol. The van der Waals surface area contributed by atoms with Crippen molar-refractivity contribution in [3.8, 4) is 0 Å². The molecule has 1 rings (SSSR count). The Bertz CT molecular complexity index is 465. The Morgan fingerprint density at radius 3 is 2.78 bits per heavy atom. The van der Waals surface area contributed by atoms with Crippen LogP contribution >= 0.6 is 15.9 Å². The summed E-state index contributed by atoms with van der Waals surface area (Å²) in [7, 11) is 1.56. The Labute approximate surface area is 113 Å². The van der Waals surface area contributed by atoms with Gasteiger partial charge in [-0.3, -0.25) is 14.9 Å². The number of hydrogen-bond donors (Lipinski definition) is 2. The number of halogens is 1. The predicted octanol–water partition coefficient (Wildman–Crippen LogP) is 1.58. The summed E-state index contributed by atoms with van der Waals surface area (Å²) < 4.78 is 0.437. The molecule has 0 aromatic heterocycles. The van der Waals surface area contributed by atoms with Crippen LogP contribution in [0.2, 0.25) is 0 Å². The third kappa shape index (κ3) is 3.51. The van der Waals surface area contributed by atoms with E-state index < -0.39 is 4.92 Å². The minimum Gasteiger partial charge on any atom is -0.358 e. The van der Waals surface area contributed by atoms with Crippen molar-refractivity contribution in [2.75, 3.05) is 7.05 Å². The number of nitro groups is 1. The van der Waals surface area contributed by atoms with Gasteiger partial charge < -0.3 is 10.6 Å². The number of carbonyl (C=O) groups excluding carboxylic acids is 1. The van der Waals surface area contributed by atoms with Crippen LogP contribution in [0.5, 0.6) is 0 Å². The summed E-state index contributed by atoms with van der Waals surface area (Å²) in [6, 6.07) is 4.45. The molecule has 0 bridgehead atoms. The van der Waals surface area contributed by atoms with E-state index in [2.05, 4.69) is 26.6 Å². The van der Waals surface area contributed by atoms with E-state index in [4.69, 9.17) is 0 Å². The molecule has 0 aliphatic heterocycles. The maximum absolute atomic E-state index is 11.3. The second kappa shape index (κ2) is 6.46. The third-order valence-electron chi connectivity index (χ3n) is 2.49. The van der Waals surface area contributed by atoms with Crippen LogP contribution in [0.3, 0.4) is 0 Å². The second-order valence-corrected chi connectivity index (χ2v) is 4.52. The number of amides is 1. The number of hydrogen-bond acceptors (Lipinski definition) is 4. The van der Waals surface area contributed by atoms with Gasteiger partial charge in [-0.15, -0.1) is 0 Å². The SMILES string of the molecule is CNC(=O)C(C)NCc1cccc([N+](=O)[O-])c1Br. The van der Waals surface area contributed by atoms with Gasteiger partial charge in [-0.2, -0.15) is 0 Å². The molecule has 0 heterocycles. The van der Waals surface area contributed by atoms with Crippen molar-refractivity contribution in [2.45, 2.75) is 19.5 Å². The van der Waals surface area contributed by atoms with Gasteiger partial charge in [-0.1, -0.05) is 12.1 Å². The van der Waals surface area contributed by atoms with Crippen molar-refractivity contribution in [1.82, 2.24) is 10.6 Å². The molecule has 7 heteroatoms. The molecule has 98 valence electrons. The third-order valence-corrected chi connectivity index (χ3v) is 3.41. The number of benzene rings is 1. The summed E-state index contributed by atoms with van der Waals surface area (Å²) >= 11 is 3.20. The molecular weight excluding hydrogens is 302 g/mol. The molecule has 0 radical (unpaired) electrons. The summed E-state index contributed by atoms with van der Waals surface area (Å²) in [6.07, 6.45) is 0. The van der Waals surface area contributed by atoms with Crippen molar-refractivity contribution in [1.29, 1.82) is 0 Å². The van der Waals surface area contributed by atoms with Crippen LogP contribution in [0.1, 0.15) is 12.5 Å². The van der Waals surface area contributed by atoms with Crippen LogP contribution in [0, 0.1) is 10.1 Å². The fraction of sp³-hybridized carbons (Fsp3) is 0.364. The molecule has 1 aromatic carbocycles. The zero-order valence-corrected chi connectivity index (χ0v) is 11.7. The maximum Gasteiger partial charge on any atom is 0.283 e. The van der Waals surface area contributed by atoms with E-state index >= 15 is 0 Å². The molecular formula is C11H14BrN3O3. The fourth-order valence-corrected chi connectivity index (χ4v) is 1.97. The van der Waals surface area contributed by atoms with Gasteiger partial charge in [0.15, 0.2) is 0 Å². The van der Waals surface area contributed by atoms with E-state index in [1.807, 2.05) is 0 Å². The van der Waals surface area contributed by atoms with Crippen molar-refractivity contribution < 1.29 is 9.72 Å². The van der Waals surface area contributed by atoms with Gasteiger partial charge in [0.2, 0.25) is 5.91 Å². The van der Waals surface area contributed by atoms with Crippen LogP contribution in [-0.4, -0.2) is 23.9 Å². The zero-order valence-electron chi connectivity index (χ0n) is 10.1. The molecule has 0 fully saturated rings. The van der Waals surface area contributed by atoms with E-state index in [-0.39, 0.29) is 17.6 Å². The first-order chi connectivity index (χ1) is 8.47. The quantitative estimate of drug-likeness (QED) is 0.638. The number of nitro benzene ring substituents is 1. The number of nitrogens with one attached hydrogen (secondary N) is 2. The van der Waals surface area contributed by atoms with E-state index in [1.54, 1.807) is 26.1 Å². The number of nitrogens with zero attached hydrogens (tertiary/aromatic N) is 1. The topological polar surface area (TPSA) is 84.3 Å². The van der Waals surface area contributed by atoms with E-state index in [1.165, 1.54) is 6.07 Å². The van der Waals surface area contributed by atoms with Crippen molar-refractivity contribution in [2.24, 2.45) is 0 Å². The van der Waals surface area contributed by atoms with Gasteiger partial charge in [-0.25, -0.2) is 0 Å². The van der Waals surface area contributed by atoms with Gasteiger partial charge in [0.05, 0.1) is 15.4 Å². The molecule has 0 saturated heterocycles. The maximum atomic E-state index is 11.3. The zero-order chi connectivity index (χ0) is 13.7. The normalized spacial score (nSPS) is 11.9. The Balaban J connectivity index is 2.77. The van der Waals surface area contributed by atoms with E-state index in [0.717, 1.165) is 5.56 Å². The molecule has 1 atom stereocenters. The molecule has 2 N–H and O–H groups in total. The summed E-state index contributed by atoms with van der Waals surface area (Å²) in [5, 5.41) is 16.3. The van der Waals surface area contributed by atoms with E-state index in [0.29, 0.717) is 11.0 Å². The molecule has 0 spiro atoms. The van der Waals surface area contributed by atoms with Crippen molar-refractivity contribution in [3.63, 3.8) is 0 Å². The highest BCUT2D eigenvalue weighted by atomic mass is 79.9. The highest BCUT2D eigenvalue weighted by molar-refractivity contribution is 9.10. The van der Waals surface area contributed by atoms with Gasteiger partial charge >= 0.3 is 0 Å². The Morgan fingerprint density at radius 1 is 1.56 bits per heavy atom. The first-order valence-corrected chi connectivity index (χ1v) is 6.13. The molecule has 1 unspecified atom stereocenters. The fourth-order valence-electron chi connectivity index (χ4n) is 1.42.